The summed E-state index contributed by atoms with van der Waals surface area (Å²) in [6.45, 7) is 4.52. The second-order valence-corrected chi connectivity index (χ2v) is 6.45. The Morgan fingerprint density at radius 1 is 1.30 bits per heavy atom. The highest BCUT2D eigenvalue weighted by molar-refractivity contribution is 6.31. The Balaban J connectivity index is 1.74. The molecule has 0 aromatic heterocycles. The Morgan fingerprint density at radius 2 is 1.95 bits per heavy atom. The molecule has 4 heteroatoms. The van der Waals surface area contributed by atoms with Crippen molar-refractivity contribution >= 4 is 17.5 Å². The molecule has 2 fully saturated rings. The minimum absolute atomic E-state index is 0.155. The van der Waals surface area contributed by atoms with Crippen LogP contribution in [0, 0.1) is 11.8 Å². The smallest absolute Gasteiger partial charge is 0.219 e. The van der Waals surface area contributed by atoms with Gasteiger partial charge in [-0.1, -0.05) is 29.8 Å². The second kappa shape index (κ2) is 5.74. The molecule has 1 heterocycles. The predicted octanol–water partition coefficient (Wildman–Crippen LogP) is 2.69. The summed E-state index contributed by atoms with van der Waals surface area (Å²) < 4.78 is 0. The van der Waals surface area contributed by atoms with Gasteiger partial charge in [-0.05, 0) is 49.4 Å². The molecule has 3 atom stereocenters. The molecule has 1 saturated carbocycles. The van der Waals surface area contributed by atoms with Gasteiger partial charge in [-0.15, -0.1) is 0 Å². The van der Waals surface area contributed by atoms with Gasteiger partial charge in [-0.3, -0.25) is 4.79 Å². The van der Waals surface area contributed by atoms with Gasteiger partial charge >= 0.3 is 0 Å². The van der Waals surface area contributed by atoms with E-state index in [1.807, 2.05) is 29.2 Å². The van der Waals surface area contributed by atoms with Crippen LogP contribution in [0.1, 0.15) is 25.3 Å². The van der Waals surface area contributed by atoms with Crippen LogP contribution < -0.4 is 5.32 Å². The number of hydrogen-bond donors (Lipinski definition) is 1. The lowest BCUT2D eigenvalue weighted by molar-refractivity contribution is -0.131. The van der Waals surface area contributed by atoms with Crippen LogP contribution >= 0.6 is 11.6 Å². The molecule has 1 aromatic rings. The maximum Gasteiger partial charge on any atom is 0.219 e. The van der Waals surface area contributed by atoms with E-state index in [9.17, 15) is 4.79 Å². The van der Waals surface area contributed by atoms with Crippen LogP contribution in [0.25, 0.3) is 0 Å². The zero-order valence-corrected chi connectivity index (χ0v) is 12.6. The van der Waals surface area contributed by atoms with Gasteiger partial charge < -0.3 is 10.2 Å². The first-order valence-electron chi connectivity index (χ1n) is 7.36. The molecule has 0 radical (unpaired) electrons. The summed E-state index contributed by atoms with van der Waals surface area (Å²) in [7, 11) is 0. The molecule has 1 amide bonds. The fourth-order valence-electron chi connectivity index (χ4n) is 3.70. The van der Waals surface area contributed by atoms with Crippen LogP contribution in [0.3, 0.4) is 0 Å². The number of hydrogen-bond acceptors (Lipinski definition) is 2. The highest BCUT2D eigenvalue weighted by Gasteiger charge is 2.40. The minimum atomic E-state index is 0.155. The van der Waals surface area contributed by atoms with Crippen molar-refractivity contribution in [1.29, 1.82) is 0 Å². The molecule has 0 unspecified atom stereocenters. The van der Waals surface area contributed by atoms with Crippen molar-refractivity contribution in [3.63, 3.8) is 0 Å². The Morgan fingerprint density at radius 3 is 2.55 bits per heavy atom. The van der Waals surface area contributed by atoms with Crippen LogP contribution in [0.4, 0.5) is 0 Å². The van der Waals surface area contributed by atoms with Crippen LogP contribution in [0.5, 0.6) is 0 Å². The lowest BCUT2D eigenvalue weighted by Gasteiger charge is -2.29. The molecule has 1 saturated heterocycles. The Bertz CT molecular complexity index is 493. The van der Waals surface area contributed by atoms with Crippen molar-refractivity contribution < 1.29 is 4.79 Å². The number of fused-ring (bicyclic) bond motifs is 1. The van der Waals surface area contributed by atoms with Crippen molar-refractivity contribution in [2.24, 2.45) is 11.8 Å². The Hall–Kier alpha value is -1.06. The quantitative estimate of drug-likeness (QED) is 0.929. The third kappa shape index (κ3) is 2.70. The lowest BCUT2D eigenvalue weighted by Crippen LogP contribution is -2.38. The third-order valence-corrected chi connectivity index (χ3v) is 5.14. The second-order valence-electron chi connectivity index (χ2n) is 6.04. The first kappa shape index (κ1) is 13.9. The number of carbonyl (C=O) groups excluding carboxylic acids is 1. The minimum Gasteiger partial charge on any atom is -0.336 e. The summed E-state index contributed by atoms with van der Waals surface area (Å²) in [5.41, 5.74) is 1.04. The normalized spacial score (nSPS) is 28.4. The molecule has 0 bridgehead atoms. The van der Waals surface area contributed by atoms with Gasteiger partial charge in [0.15, 0.2) is 0 Å². The van der Waals surface area contributed by atoms with Crippen molar-refractivity contribution in [3.8, 4) is 0 Å². The molecule has 3 rings (SSSR count). The summed E-state index contributed by atoms with van der Waals surface area (Å²) in [5, 5.41) is 4.20. The predicted molar refractivity (Wildman–Crippen MR) is 80.5 cm³/mol. The zero-order valence-electron chi connectivity index (χ0n) is 11.8. The number of nitrogens with one attached hydrogen (secondary N) is 1. The average Bonchev–Trinajstić information content (AvgIpc) is 2.98. The largest absolute Gasteiger partial charge is 0.336 e. The maximum atomic E-state index is 12.0. The first-order chi connectivity index (χ1) is 9.65. The van der Waals surface area contributed by atoms with Crippen molar-refractivity contribution in [3.05, 3.63) is 34.9 Å². The highest BCUT2D eigenvalue weighted by atomic mass is 35.5. The van der Waals surface area contributed by atoms with Gasteiger partial charge in [0.2, 0.25) is 5.91 Å². The Labute approximate surface area is 125 Å². The van der Waals surface area contributed by atoms with Gasteiger partial charge in [-0.2, -0.15) is 0 Å². The number of halogens is 1. The number of amides is 1. The van der Waals surface area contributed by atoms with E-state index < -0.39 is 0 Å². The van der Waals surface area contributed by atoms with Gasteiger partial charge in [0, 0.05) is 24.5 Å². The van der Waals surface area contributed by atoms with E-state index in [2.05, 4.69) is 5.32 Å². The molecule has 1 aliphatic carbocycles. The molecule has 108 valence electrons. The average molecular weight is 293 g/mol. The van der Waals surface area contributed by atoms with Gasteiger partial charge in [0.1, 0.15) is 0 Å². The summed E-state index contributed by atoms with van der Waals surface area (Å²) in [6, 6.07) is 8.18. The molecule has 2 aliphatic rings. The van der Waals surface area contributed by atoms with Crippen LogP contribution in [0.15, 0.2) is 24.3 Å². The number of rotatable bonds is 3. The highest BCUT2D eigenvalue weighted by Crippen LogP contribution is 2.37. The van der Waals surface area contributed by atoms with Crippen LogP contribution in [-0.4, -0.2) is 29.9 Å². The summed E-state index contributed by atoms with van der Waals surface area (Å²) in [5.74, 6) is 1.64. The summed E-state index contributed by atoms with van der Waals surface area (Å²) >= 11 is 6.23. The third-order valence-electron chi connectivity index (χ3n) is 4.77. The van der Waals surface area contributed by atoms with E-state index in [1.54, 1.807) is 6.92 Å². The fourth-order valence-corrected chi connectivity index (χ4v) is 3.89. The standard InChI is InChI=1S/C16H21ClN2O/c1-11(20)19(10-12-4-2-3-5-16(12)17)15-6-13-8-18-9-14(13)7-15/h2-5,13-15,18H,6-10H2,1H3/t13-,14+,15-. The van der Waals surface area contributed by atoms with Crippen LogP contribution in [0.2, 0.25) is 5.02 Å². The zero-order chi connectivity index (χ0) is 14.1. The molecule has 3 nitrogen and oxygen atoms in total. The number of carbonyl (C=O) groups is 1. The number of nitrogens with zero attached hydrogens (tertiary/aromatic N) is 1. The van der Waals surface area contributed by atoms with Crippen LogP contribution in [-0.2, 0) is 11.3 Å². The monoisotopic (exact) mass is 292 g/mol. The maximum absolute atomic E-state index is 12.0. The van der Waals surface area contributed by atoms with E-state index in [-0.39, 0.29) is 5.91 Å². The molecule has 0 spiro atoms. The fraction of sp³-hybridized carbons (Fsp3) is 0.562. The summed E-state index contributed by atoms with van der Waals surface area (Å²) in [4.78, 5) is 14.0. The molecule has 1 N–H and O–H groups in total. The molecule has 20 heavy (non-hydrogen) atoms. The van der Waals surface area contributed by atoms with Gasteiger partial charge in [-0.25, -0.2) is 0 Å². The topological polar surface area (TPSA) is 32.3 Å². The Kier molecular flexibility index (Phi) is 3.99. The molecule has 1 aromatic carbocycles. The lowest BCUT2D eigenvalue weighted by atomic mass is 10.0. The van der Waals surface area contributed by atoms with E-state index >= 15 is 0 Å². The van der Waals surface area contributed by atoms with Crippen molar-refractivity contribution in [2.75, 3.05) is 13.1 Å². The SMILES string of the molecule is CC(=O)N(Cc1ccccc1Cl)[C@H]1C[C@H]2CNC[C@H]2C1. The van der Waals surface area contributed by atoms with Crippen molar-refractivity contribution in [1.82, 2.24) is 10.2 Å². The van der Waals surface area contributed by atoms with Gasteiger partial charge in [0.05, 0.1) is 0 Å². The summed E-state index contributed by atoms with van der Waals surface area (Å²) in [6.07, 6.45) is 2.25. The van der Waals surface area contributed by atoms with Crippen molar-refractivity contribution in [2.45, 2.75) is 32.4 Å². The molecular weight excluding hydrogens is 272 g/mol. The van der Waals surface area contributed by atoms with E-state index in [1.165, 1.54) is 0 Å². The van der Waals surface area contributed by atoms with E-state index in [0.717, 1.165) is 48.4 Å². The van der Waals surface area contributed by atoms with E-state index in [0.29, 0.717) is 12.6 Å². The van der Waals surface area contributed by atoms with E-state index in [4.69, 9.17) is 11.6 Å². The molecular formula is C16H21ClN2O. The number of benzene rings is 1. The first-order valence-corrected chi connectivity index (χ1v) is 7.74. The molecule has 1 aliphatic heterocycles. The van der Waals surface area contributed by atoms with Gasteiger partial charge in [0.25, 0.3) is 0 Å².